The van der Waals surface area contributed by atoms with Crippen molar-refractivity contribution in [3.8, 4) is 11.4 Å². The van der Waals surface area contributed by atoms with Crippen LogP contribution in [0, 0.1) is 0 Å². The highest BCUT2D eigenvalue weighted by atomic mass is 35.5. The Morgan fingerprint density at radius 3 is 2.82 bits per heavy atom. The van der Waals surface area contributed by atoms with Gasteiger partial charge in [0.05, 0.1) is 24.3 Å². The Kier molecular flexibility index (Phi) is 6.23. The van der Waals surface area contributed by atoms with Crippen LogP contribution in [0.3, 0.4) is 0 Å². The van der Waals surface area contributed by atoms with E-state index in [9.17, 15) is 9.59 Å². The van der Waals surface area contributed by atoms with Gasteiger partial charge in [-0.2, -0.15) is 0 Å². The molecule has 3 heterocycles. The molecule has 0 bridgehead atoms. The standard InChI is InChI=1S/C24H23ClN4O3S/c1-14-19-11-16(6-9-20(19)26-23(14)31)21(30)13-33-24-28-27-22(15-4-7-17(25)8-5-15)29(24)12-18-3-2-10-32-18/h4-9,11,14,18H,2-3,10,12-13H2,1H3,(H,26,31)/t14-,18-/m1/s1. The van der Waals surface area contributed by atoms with Crippen LogP contribution >= 0.6 is 23.4 Å². The zero-order valence-corrected chi connectivity index (χ0v) is 19.7. The number of ether oxygens (including phenoxy) is 1. The van der Waals surface area contributed by atoms with Crippen molar-refractivity contribution < 1.29 is 14.3 Å². The highest BCUT2D eigenvalue weighted by Crippen LogP contribution is 2.33. The summed E-state index contributed by atoms with van der Waals surface area (Å²) in [6, 6.07) is 12.9. The molecule has 7 nitrogen and oxygen atoms in total. The summed E-state index contributed by atoms with van der Waals surface area (Å²) >= 11 is 7.41. The minimum atomic E-state index is -0.253. The average Bonchev–Trinajstić information content (AvgIpc) is 3.54. The average molecular weight is 483 g/mol. The maximum absolute atomic E-state index is 13.0. The van der Waals surface area contributed by atoms with E-state index in [1.165, 1.54) is 11.8 Å². The molecule has 3 aromatic rings. The van der Waals surface area contributed by atoms with Crippen LogP contribution < -0.4 is 5.32 Å². The van der Waals surface area contributed by atoms with Crippen LogP contribution in [-0.2, 0) is 16.1 Å². The molecule has 5 rings (SSSR count). The van der Waals surface area contributed by atoms with E-state index < -0.39 is 0 Å². The van der Waals surface area contributed by atoms with Gasteiger partial charge in [0.15, 0.2) is 16.8 Å². The normalized spacial score (nSPS) is 19.5. The number of hydrogen-bond acceptors (Lipinski definition) is 6. The number of anilines is 1. The largest absolute Gasteiger partial charge is 0.376 e. The second-order valence-electron chi connectivity index (χ2n) is 8.28. The van der Waals surface area contributed by atoms with Crippen molar-refractivity contribution in [2.24, 2.45) is 0 Å². The van der Waals surface area contributed by atoms with Crippen molar-refractivity contribution in [2.45, 2.75) is 43.5 Å². The molecule has 170 valence electrons. The zero-order valence-electron chi connectivity index (χ0n) is 18.1. The van der Waals surface area contributed by atoms with Crippen LogP contribution in [0.1, 0.15) is 41.6 Å². The van der Waals surface area contributed by atoms with E-state index in [-0.39, 0.29) is 29.5 Å². The van der Waals surface area contributed by atoms with E-state index in [0.717, 1.165) is 42.1 Å². The number of nitrogens with zero attached hydrogens (tertiary/aromatic N) is 3. The molecular weight excluding hydrogens is 460 g/mol. The lowest BCUT2D eigenvalue weighted by Gasteiger charge is -2.14. The highest BCUT2D eigenvalue weighted by molar-refractivity contribution is 7.99. The SMILES string of the molecule is C[C@H]1C(=O)Nc2ccc(C(=O)CSc3nnc(-c4ccc(Cl)cc4)n3C[C@H]3CCCO3)cc21. The van der Waals surface area contributed by atoms with Crippen LogP contribution in [0.15, 0.2) is 47.6 Å². The lowest BCUT2D eigenvalue weighted by Crippen LogP contribution is -2.17. The summed E-state index contributed by atoms with van der Waals surface area (Å²) in [6.45, 7) is 3.24. The van der Waals surface area contributed by atoms with Gasteiger partial charge in [0, 0.05) is 28.4 Å². The molecule has 2 atom stereocenters. The van der Waals surface area contributed by atoms with Gasteiger partial charge in [-0.15, -0.1) is 10.2 Å². The van der Waals surface area contributed by atoms with Crippen molar-refractivity contribution >= 4 is 40.7 Å². The fraction of sp³-hybridized carbons (Fsp3) is 0.333. The molecule has 1 amide bonds. The van der Waals surface area contributed by atoms with Gasteiger partial charge >= 0.3 is 0 Å². The maximum Gasteiger partial charge on any atom is 0.231 e. The Hall–Kier alpha value is -2.68. The Bertz CT molecular complexity index is 1200. The molecular formula is C24H23ClN4O3S. The molecule has 1 aromatic heterocycles. The Labute approximate surface area is 200 Å². The van der Waals surface area contributed by atoms with E-state index >= 15 is 0 Å². The van der Waals surface area contributed by atoms with Gasteiger partial charge in [0.25, 0.3) is 0 Å². The minimum absolute atomic E-state index is 0.0194. The van der Waals surface area contributed by atoms with Gasteiger partial charge in [0.1, 0.15) is 0 Å². The summed E-state index contributed by atoms with van der Waals surface area (Å²) in [5, 5.41) is 13.0. The number of rotatable bonds is 7. The molecule has 0 radical (unpaired) electrons. The number of nitrogens with one attached hydrogen (secondary N) is 1. The van der Waals surface area contributed by atoms with Gasteiger partial charge in [0.2, 0.25) is 5.91 Å². The smallest absolute Gasteiger partial charge is 0.231 e. The molecule has 0 spiro atoms. The lowest BCUT2D eigenvalue weighted by molar-refractivity contribution is -0.116. The fourth-order valence-corrected chi connectivity index (χ4v) is 5.14. The van der Waals surface area contributed by atoms with Crippen molar-refractivity contribution in [1.82, 2.24) is 14.8 Å². The summed E-state index contributed by atoms with van der Waals surface area (Å²) in [7, 11) is 0. The van der Waals surface area contributed by atoms with E-state index in [1.54, 1.807) is 12.1 Å². The quantitative estimate of drug-likeness (QED) is 0.384. The van der Waals surface area contributed by atoms with Crippen molar-refractivity contribution in [1.29, 1.82) is 0 Å². The Balaban J connectivity index is 1.36. The predicted octanol–water partition coefficient (Wildman–Crippen LogP) is 4.81. The van der Waals surface area contributed by atoms with Gasteiger partial charge in [-0.05, 0) is 67.8 Å². The number of hydrogen-bond donors (Lipinski definition) is 1. The van der Waals surface area contributed by atoms with Gasteiger partial charge in [-0.3, -0.25) is 14.2 Å². The lowest BCUT2D eigenvalue weighted by atomic mass is 9.99. The third-order valence-corrected chi connectivity index (χ3v) is 7.27. The number of benzene rings is 2. The minimum Gasteiger partial charge on any atom is -0.376 e. The number of aromatic nitrogens is 3. The van der Waals surface area contributed by atoms with Crippen molar-refractivity contribution in [3.63, 3.8) is 0 Å². The highest BCUT2D eigenvalue weighted by Gasteiger charge is 2.27. The third kappa shape index (κ3) is 4.55. The van der Waals surface area contributed by atoms with Crippen LogP contribution in [0.25, 0.3) is 11.4 Å². The topological polar surface area (TPSA) is 86.1 Å². The zero-order chi connectivity index (χ0) is 22.9. The van der Waals surface area contributed by atoms with Gasteiger partial charge < -0.3 is 10.1 Å². The van der Waals surface area contributed by atoms with Crippen LogP contribution in [0.4, 0.5) is 5.69 Å². The number of fused-ring (bicyclic) bond motifs is 1. The molecule has 0 aliphatic carbocycles. The summed E-state index contributed by atoms with van der Waals surface area (Å²) in [6.07, 6.45) is 2.13. The summed E-state index contributed by atoms with van der Waals surface area (Å²) < 4.78 is 7.87. The van der Waals surface area contributed by atoms with E-state index in [2.05, 4.69) is 15.5 Å². The first-order valence-electron chi connectivity index (χ1n) is 10.9. The number of ketones is 1. The third-order valence-electron chi connectivity index (χ3n) is 6.05. The summed E-state index contributed by atoms with van der Waals surface area (Å²) in [5.74, 6) is 0.638. The molecule has 33 heavy (non-hydrogen) atoms. The molecule has 1 saturated heterocycles. The van der Waals surface area contributed by atoms with E-state index in [1.807, 2.05) is 41.8 Å². The first kappa shape index (κ1) is 22.1. The van der Waals surface area contributed by atoms with Crippen LogP contribution in [0.2, 0.25) is 5.02 Å². The van der Waals surface area contributed by atoms with Gasteiger partial charge in [-0.1, -0.05) is 23.4 Å². The molecule has 2 aliphatic heterocycles. The summed E-state index contributed by atoms with van der Waals surface area (Å²) in [4.78, 5) is 24.9. The number of halogens is 1. The molecule has 1 fully saturated rings. The molecule has 0 unspecified atom stereocenters. The first-order valence-corrected chi connectivity index (χ1v) is 12.3. The Morgan fingerprint density at radius 2 is 2.06 bits per heavy atom. The fourth-order valence-electron chi connectivity index (χ4n) is 4.17. The predicted molar refractivity (Wildman–Crippen MR) is 128 cm³/mol. The van der Waals surface area contributed by atoms with E-state index in [0.29, 0.717) is 22.3 Å². The number of carbonyl (C=O) groups is 2. The number of Topliss-reactive ketones (excluding diaryl/α,β-unsaturated/α-hetero) is 1. The Morgan fingerprint density at radius 1 is 1.24 bits per heavy atom. The first-order chi connectivity index (χ1) is 16.0. The van der Waals surface area contributed by atoms with Crippen molar-refractivity contribution in [2.75, 3.05) is 17.7 Å². The van der Waals surface area contributed by atoms with Crippen molar-refractivity contribution in [3.05, 3.63) is 58.6 Å². The van der Waals surface area contributed by atoms with E-state index in [4.69, 9.17) is 16.3 Å². The molecule has 2 aromatic carbocycles. The van der Waals surface area contributed by atoms with Crippen LogP contribution in [-0.4, -0.2) is 44.9 Å². The molecule has 9 heteroatoms. The maximum atomic E-state index is 13.0. The monoisotopic (exact) mass is 482 g/mol. The molecule has 0 saturated carbocycles. The molecule has 1 N–H and O–H groups in total. The van der Waals surface area contributed by atoms with Crippen LogP contribution in [0.5, 0.6) is 0 Å². The second-order valence-corrected chi connectivity index (χ2v) is 9.66. The molecule has 2 aliphatic rings. The number of amides is 1. The number of carbonyl (C=O) groups excluding carboxylic acids is 2. The number of thioether (sulfide) groups is 1. The summed E-state index contributed by atoms with van der Waals surface area (Å²) in [5.41, 5.74) is 3.14. The van der Waals surface area contributed by atoms with Gasteiger partial charge in [-0.25, -0.2) is 0 Å². The second kappa shape index (κ2) is 9.29.